The molecule has 0 amide bonds. The van der Waals surface area contributed by atoms with Crippen LogP contribution in [0.25, 0.3) is 0 Å². The topological polar surface area (TPSA) is 21.3 Å². The van der Waals surface area contributed by atoms with E-state index in [9.17, 15) is 0 Å². The van der Waals surface area contributed by atoms with Crippen LogP contribution in [0.2, 0.25) is 0 Å². The normalized spacial score (nSPS) is 13.5. The van der Waals surface area contributed by atoms with Crippen molar-refractivity contribution in [3.63, 3.8) is 0 Å². The fourth-order valence-electron chi connectivity index (χ4n) is 1.96. The fourth-order valence-corrected chi connectivity index (χ4v) is 1.96. The molecule has 1 N–H and O–H groups in total. The Labute approximate surface area is 118 Å². The monoisotopic (exact) mass is 263 g/mol. The Balaban J connectivity index is 2.36. The summed E-state index contributed by atoms with van der Waals surface area (Å²) in [6, 6.07) is 10.4. The van der Waals surface area contributed by atoms with Crippen molar-refractivity contribution in [1.29, 1.82) is 0 Å². The Morgan fingerprint density at radius 2 is 1.84 bits per heavy atom. The van der Waals surface area contributed by atoms with Crippen molar-refractivity contribution >= 4 is 0 Å². The Hall–Kier alpha value is -0.860. The molecule has 1 rings (SSSR count). The molecule has 108 valence electrons. The first-order chi connectivity index (χ1) is 9.04. The Morgan fingerprint density at radius 3 is 2.42 bits per heavy atom. The molecule has 0 spiro atoms. The highest BCUT2D eigenvalue weighted by atomic mass is 16.5. The van der Waals surface area contributed by atoms with Gasteiger partial charge in [-0.2, -0.15) is 0 Å². The molecular weight excluding hydrogens is 234 g/mol. The quantitative estimate of drug-likeness (QED) is 0.719. The summed E-state index contributed by atoms with van der Waals surface area (Å²) in [4.78, 5) is 0. The molecule has 19 heavy (non-hydrogen) atoms. The third-order valence-electron chi connectivity index (χ3n) is 3.47. The molecule has 0 aromatic heterocycles. The summed E-state index contributed by atoms with van der Waals surface area (Å²) in [5, 5.41) is 3.51. The van der Waals surface area contributed by atoms with E-state index >= 15 is 0 Å². The molecule has 1 aromatic carbocycles. The van der Waals surface area contributed by atoms with Gasteiger partial charge in [-0.15, -0.1) is 0 Å². The predicted octanol–water partition coefficient (Wildman–Crippen LogP) is 3.87. The Kier molecular flexibility index (Phi) is 7.11. The standard InChI is InChI=1S/C17H29NO/c1-5-11-18-12-16(17(2,3)4)14-19-13-15-9-7-6-8-10-15/h6-10,16,18H,5,11-14H2,1-4H3. The van der Waals surface area contributed by atoms with E-state index < -0.39 is 0 Å². The van der Waals surface area contributed by atoms with Crippen molar-refractivity contribution in [2.75, 3.05) is 19.7 Å². The molecule has 1 unspecified atom stereocenters. The predicted molar refractivity (Wildman–Crippen MR) is 82.2 cm³/mol. The van der Waals surface area contributed by atoms with Crippen LogP contribution in [0, 0.1) is 11.3 Å². The van der Waals surface area contributed by atoms with E-state index in [1.807, 2.05) is 6.07 Å². The summed E-state index contributed by atoms with van der Waals surface area (Å²) in [6.07, 6.45) is 1.18. The average molecular weight is 263 g/mol. The minimum Gasteiger partial charge on any atom is -0.376 e. The molecule has 0 fully saturated rings. The highest BCUT2D eigenvalue weighted by molar-refractivity contribution is 5.13. The van der Waals surface area contributed by atoms with Gasteiger partial charge in [0.15, 0.2) is 0 Å². The molecule has 2 heteroatoms. The molecule has 2 nitrogen and oxygen atoms in total. The zero-order valence-corrected chi connectivity index (χ0v) is 12.9. The van der Waals surface area contributed by atoms with Crippen molar-refractivity contribution in [3.8, 4) is 0 Å². The van der Waals surface area contributed by atoms with Gasteiger partial charge in [-0.3, -0.25) is 0 Å². The van der Waals surface area contributed by atoms with Gasteiger partial charge in [-0.25, -0.2) is 0 Å². The second-order valence-electron chi connectivity index (χ2n) is 6.27. The average Bonchev–Trinajstić information content (AvgIpc) is 2.37. The first-order valence-corrected chi connectivity index (χ1v) is 7.36. The maximum atomic E-state index is 5.90. The molecule has 1 atom stereocenters. The Bertz CT molecular complexity index is 329. The van der Waals surface area contributed by atoms with Crippen molar-refractivity contribution in [3.05, 3.63) is 35.9 Å². The van der Waals surface area contributed by atoms with E-state index in [0.717, 1.165) is 19.7 Å². The lowest BCUT2D eigenvalue weighted by Gasteiger charge is -2.31. The van der Waals surface area contributed by atoms with Gasteiger partial charge in [0.25, 0.3) is 0 Å². The summed E-state index contributed by atoms with van der Waals surface area (Å²) in [7, 11) is 0. The molecule has 0 heterocycles. The van der Waals surface area contributed by atoms with Gasteiger partial charge in [0.2, 0.25) is 0 Å². The number of hydrogen-bond donors (Lipinski definition) is 1. The SMILES string of the molecule is CCCNCC(COCc1ccccc1)C(C)(C)C. The summed E-state index contributed by atoms with van der Waals surface area (Å²) >= 11 is 0. The highest BCUT2D eigenvalue weighted by Gasteiger charge is 2.24. The lowest BCUT2D eigenvalue weighted by atomic mass is 9.81. The summed E-state index contributed by atoms with van der Waals surface area (Å²) in [6.45, 7) is 12.7. The maximum absolute atomic E-state index is 5.90. The van der Waals surface area contributed by atoms with Gasteiger partial charge in [0, 0.05) is 6.54 Å². The molecule has 0 aliphatic carbocycles. The Morgan fingerprint density at radius 1 is 1.16 bits per heavy atom. The molecule has 0 aliphatic rings. The summed E-state index contributed by atoms with van der Waals surface area (Å²) < 4.78 is 5.90. The minimum absolute atomic E-state index is 0.275. The number of ether oxygens (including phenoxy) is 1. The number of hydrogen-bond acceptors (Lipinski definition) is 2. The molecular formula is C17H29NO. The highest BCUT2D eigenvalue weighted by Crippen LogP contribution is 2.25. The van der Waals surface area contributed by atoms with E-state index in [-0.39, 0.29) is 5.41 Å². The third-order valence-corrected chi connectivity index (χ3v) is 3.47. The van der Waals surface area contributed by atoms with Crippen LogP contribution in [0.4, 0.5) is 0 Å². The smallest absolute Gasteiger partial charge is 0.0717 e. The molecule has 1 aromatic rings. The van der Waals surface area contributed by atoms with Crippen LogP contribution >= 0.6 is 0 Å². The van der Waals surface area contributed by atoms with Crippen LogP contribution in [0.1, 0.15) is 39.7 Å². The van der Waals surface area contributed by atoms with Gasteiger partial charge in [0.05, 0.1) is 13.2 Å². The molecule has 0 aliphatic heterocycles. The van der Waals surface area contributed by atoms with Crippen LogP contribution in [0.3, 0.4) is 0 Å². The zero-order chi connectivity index (χ0) is 14.1. The van der Waals surface area contributed by atoms with Gasteiger partial charge in [-0.1, -0.05) is 58.0 Å². The second-order valence-corrected chi connectivity index (χ2v) is 6.27. The van der Waals surface area contributed by atoms with E-state index in [0.29, 0.717) is 12.5 Å². The molecule has 0 saturated carbocycles. The van der Waals surface area contributed by atoms with Crippen molar-refractivity contribution in [2.45, 2.75) is 40.7 Å². The zero-order valence-electron chi connectivity index (χ0n) is 12.9. The minimum atomic E-state index is 0.275. The first kappa shape index (κ1) is 16.2. The van der Waals surface area contributed by atoms with Crippen LogP contribution < -0.4 is 5.32 Å². The lowest BCUT2D eigenvalue weighted by molar-refractivity contribution is 0.0458. The van der Waals surface area contributed by atoms with Crippen molar-refractivity contribution in [2.24, 2.45) is 11.3 Å². The number of benzene rings is 1. The van der Waals surface area contributed by atoms with Gasteiger partial charge in [0.1, 0.15) is 0 Å². The van der Waals surface area contributed by atoms with Crippen molar-refractivity contribution < 1.29 is 4.74 Å². The van der Waals surface area contributed by atoms with Gasteiger partial charge >= 0.3 is 0 Å². The largest absolute Gasteiger partial charge is 0.376 e. The van der Waals surface area contributed by atoms with Crippen LogP contribution in [-0.4, -0.2) is 19.7 Å². The summed E-state index contributed by atoms with van der Waals surface area (Å²) in [5.41, 5.74) is 1.52. The van der Waals surface area contributed by atoms with Gasteiger partial charge in [-0.05, 0) is 29.9 Å². The lowest BCUT2D eigenvalue weighted by Crippen LogP contribution is -2.35. The van der Waals surface area contributed by atoms with Crippen LogP contribution in [0.5, 0.6) is 0 Å². The maximum Gasteiger partial charge on any atom is 0.0717 e. The molecule has 0 saturated heterocycles. The molecule has 0 radical (unpaired) electrons. The summed E-state index contributed by atoms with van der Waals surface area (Å²) in [5.74, 6) is 0.544. The van der Waals surface area contributed by atoms with Crippen LogP contribution in [-0.2, 0) is 11.3 Å². The first-order valence-electron chi connectivity index (χ1n) is 7.36. The second kappa shape index (κ2) is 8.34. The van der Waals surface area contributed by atoms with E-state index in [1.165, 1.54) is 12.0 Å². The number of rotatable bonds is 8. The van der Waals surface area contributed by atoms with E-state index in [1.54, 1.807) is 0 Å². The fraction of sp³-hybridized carbons (Fsp3) is 0.647. The van der Waals surface area contributed by atoms with Gasteiger partial charge < -0.3 is 10.1 Å². The molecule has 0 bridgehead atoms. The van der Waals surface area contributed by atoms with E-state index in [2.05, 4.69) is 57.3 Å². The number of nitrogens with one attached hydrogen (secondary N) is 1. The van der Waals surface area contributed by atoms with Crippen LogP contribution in [0.15, 0.2) is 30.3 Å². The van der Waals surface area contributed by atoms with E-state index in [4.69, 9.17) is 4.74 Å². The third kappa shape index (κ3) is 6.74. The van der Waals surface area contributed by atoms with Crippen molar-refractivity contribution in [1.82, 2.24) is 5.32 Å².